The number of rotatable bonds is 7. The SMILES string of the molecule is C=CC1CC1(NC(=O)C1CCCN1)C(C)(C)NS(=O)(=O)C1CC1. The molecule has 3 aliphatic rings. The first kappa shape index (κ1) is 16.9. The van der Waals surface area contributed by atoms with Crippen molar-refractivity contribution in [3.8, 4) is 0 Å². The molecule has 2 aliphatic carbocycles. The second kappa shape index (κ2) is 5.57. The fourth-order valence-corrected chi connectivity index (χ4v) is 5.53. The fourth-order valence-electron chi connectivity index (χ4n) is 3.71. The van der Waals surface area contributed by atoms with Crippen molar-refractivity contribution < 1.29 is 13.2 Å². The third kappa shape index (κ3) is 3.06. The molecular weight excluding hydrogens is 314 g/mol. The largest absolute Gasteiger partial charge is 0.347 e. The van der Waals surface area contributed by atoms with Gasteiger partial charge in [-0.25, -0.2) is 13.1 Å². The Hall–Kier alpha value is -0.920. The lowest BCUT2D eigenvalue weighted by Gasteiger charge is -2.37. The van der Waals surface area contributed by atoms with E-state index in [0.717, 1.165) is 38.6 Å². The number of carbonyl (C=O) groups is 1. The van der Waals surface area contributed by atoms with Crippen LogP contribution in [0.25, 0.3) is 0 Å². The second-order valence-corrected chi connectivity index (χ2v) is 9.59. The molecular formula is C16H27N3O3S. The third-order valence-corrected chi connectivity index (χ3v) is 7.64. The van der Waals surface area contributed by atoms with Crippen LogP contribution in [0.3, 0.4) is 0 Å². The molecule has 1 aliphatic heterocycles. The van der Waals surface area contributed by atoms with E-state index in [2.05, 4.69) is 21.9 Å². The molecule has 0 aromatic carbocycles. The van der Waals surface area contributed by atoms with E-state index in [4.69, 9.17) is 0 Å². The molecule has 0 aromatic heterocycles. The Kier molecular flexibility index (Phi) is 4.09. The summed E-state index contributed by atoms with van der Waals surface area (Å²) in [7, 11) is -3.33. The van der Waals surface area contributed by atoms with Gasteiger partial charge in [0.1, 0.15) is 0 Å². The molecule has 0 radical (unpaired) electrons. The van der Waals surface area contributed by atoms with Crippen LogP contribution in [0.2, 0.25) is 0 Å². The number of amides is 1. The van der Waals surface area contributed by atoms with Crippen molar-refractivity contribution in [1.29, 1.82) is 0 Å². The van der Waals surface area contributed by atoms with Gasteiger partial charge < -0.3 is 10.6 Å². The maximum absolute atomic E-state index is 12.5. The summed E-state index contributed by atoms with van der Waals surface area (Å²) < 4.78 is 27.6. The van der Waals surface area contributed by atoms with Gasteiger partial charge in [-0.2, -0.15) is 0 Å². The van der Waals surface area contributed by atoms with Gasteiger partial charge in [0.15, 0.2) is 0 Å². The zero-order valence-electron chi connectivity index (χ0n) is 13.9. The fraction of sp³-hybridized carbons (Fsp3) is 0.812. The highest BCUT2D eigenvalue weighted by molar-refractivity contribution is 7.90. The molecule has 7 heteroatoms. The van der Waals surface area contributed by atoms with Crippen LogP contribution in [-0.2, 0) is 14.8 Å². The van der Waals surface area contributed by atoms with Gasteiger partial charge in [0.25, 0.3) is 0 Å². The lowest BCUT2D eigenvalue weighted by molar-refractivity contribution is -0.124. The summed E-state index contributed by atoms with van der Waals surface area (Å²) in [5.41, 5.74) is -1.33. The Bertz CT molecular complexity index is 606. The van der Waals surface area contributed by atoms with Crippen LogP contribution in [0.1, 0.15) is 46.0 Å². The third-order valence-electron chi connectivity index (χ3n) is 5.50. The predicted molar refractivity (Wildman–Crippen MR) is 89.4 cm³/mol. The number of sulfonamides is 1. The average Bonchev–Trinajstić information content (AvgIpc) is 3.36. The molecule has 3 rings (SSSR count). The molecule has 1 amide bonds. The molecule has 23 heavy (non-hydrogen) atoms. The minimum atomic E-state index is -3.33. The Labute approximate surface area is 138 Å². The van der Waals surface area contributed by atoms with Crippen LogP contribution in [-0.4, -0.2) is 43.2 Å². The van der Waals surface area contributed by atoms with Gasteiger partial charge in [-0.1, -0.05) is 6.08 Å². The number of carbonyl (C=O) groups excluding carboxylic acids is 1. The Morgan fingerprint density at radius 3 is 2.52 bits per heavy atom. The lowest BCUT2D eigenvalue weighted by atomic mass is 9.90. The van der Waals surface area contributed by atoms with E-state index in [1.165, 1.54) is 0 Å². The molecule has 2 saturated carbocycles. The van der Waals surface area contributed by atoms with E-state index in [1.807, 2.05) is 19.9 Å². The van der Waals surface area contributed by atoms with Crippen molar-refractivity contribution >= 4 is 15.9 Å². The van der Waals surface area contributed by atoms with E-state index >= 15 is 0 Å². The van der Waals surface area contributed by atoms with Gasteiger partial charge in [0.05, 0.1) is 22.4 Å². The van der Waals surface area contributed by atoms with Crippen LogP contribution in [0.5, 0.6) is 0 Å². The summed E-state index contributed by atoms with van der Waals surface area (Å²) in [6, 6.07) is -0.172. The van der Waals surface area contributed by atoms with E-state index in [0.29, 0.717) is 0 Å². The zero-order valence-corrected chi connectivity index (χ0v) is 14.7. The minimum Gasteiger partial charge on any atom is -0.347 e. The van der Waals surface area contributed by atoms with Gasteiger partial charge in [-0.15, -0.1) is 6.58 Å². The van der Waals surface area contributed by atoms with Gasteiger partial charge in [-0.3, -0.25) is 4.79 Å². The van der Waals surface area contributed by atoms with E-state index in [-0.39, 0.29) is 23.1 Å². The van der Waals surface area contributed by atoms with Crippen molar-refractivity contribution in [2.75, 3.05) is 6.54 Å². The molecule has 3 N–H and O–H groups in total. The quantitative estimate of drug-likeness (QED) is 0.594. The highest BCUT2D eigenvalue weighted by Gasteiger charge is 2.64. The monoisotopic (exact) mass is 341 g/mol. The van der Waals surface area contributed by atoms with Gasteiger partial charge in [0, 0.05) is 5.92 Å². The summed E-state index contributed by atoms with van der Waals surface area (Å²) in [6.07, 6.45) is 5.80. The van der Waals surface area contributed by atoms with Crippen molar-refractivity contribution in [2.24, 2.45) is 5.92 Å². The predicted octanol–water partition coefficient (Wildman–Crippen LogP) is 0.660. The second-order valence-electron chi connectivity index (χ2n) is 7.63. The first-order valence-corrected chi connectivity index (χ1v) is 9.97. The topological polar surface area (TPSA) is 87.3 Å². The van der Waals surface area contributed by atoms with Gasteiger partial charge >= 0.3 is 0 Å². The van der Waals surface area contributed by atoms with Crippen molar-refractivity contribution in [1.82, 2.24) is 15.4 Å². The lowest BCUT2D eigenvalue weighted by Crippen LogP contribution is -2.63. The van der Waals surface area contributed by atoms with Crippen LogP contribution < -0.4 is 15.4 Å². The molecule has 3 fully saturated rings. The van der Waals surface area contributed by atoms with Gasteiger partial charge in [0.2, 0.25) is 15.9 Å². The number of nitrogens with one attached hydrogen (secondary N) is 3. The highest BCUT2D eigenvalue weighted by Crippen LogP contribution is 2.52. The highest BCUT2D eigenvalue weighted by atomic mass is 32.2. The van der Waals surface area contributed by atoms with Crippen molar-refractivity contribution in [3.63, 3.8) is 0 Å². The summed E-state index contributed by atoms with van der Waals surface area (Å²) in [5.74, 6) is 0.0512. The maximum Gasteiger partial charge on any atom is 0.237 e. The summed E-state index contributed by atoms with van der Waals surface area (Å²) in [4.78, 5) is 12.5. The zero-order chi connectivity index (χ0) is 16.9. The first-order chi connectivity index (χ1) is 10.7. The Balaban J connectivity index is 1.76. The number of hydrogen-bond acceptors (Lipinski definition) is 4. The normalized spacial score (nSPS) is 34.2. The van der Waals surface area contributed by atoms with Crippen LogP contribution >= 0.6 is 0 Å². The molecule has 1 heterocycles. The average molecular weight is 341 g/mol. The molecule has 6 nitrogen and oxygen atoms in total. The van der Waals surface area contributed by atoms with E-state index in [1.54, 1.807) is 0 Å². The Morgan fingerprint density at radius 1 is 1.35 bits per heavy atom. The van der Waals surface area contributed by atoms with E-state index < -0.39 is 21.1 Å². The van der Waals surface area contributed by atoms with Gasteiger partial charge in [-0.05, 0) is 52.5 Å². The Morgan fingerprint density at radius 2 is 2.04 bits per heavy atom. The summed E-state index contributed by atoms with van der Waals surface area (Å²) >= 11 is 0. The molecule has 3 atom stereocenters. The maximum atomic E-state index is 12.5. The molecule has 130 valence electrons. The first-order valence-electron chi connectivity index (χ1n) is 8.42. The van der Waals surface area contributed by atoms with E-state index in [9.17, 15) is 13.2 Å². The van der Waals surface area contributed by atoms with Crippen LogP contribution in [0.15, 0.2) is 12.7 Å². The smallest absolute Gasteiger partial charge is 0.237 e. The molecule has 3 unspecified atom stereocenters. The number of hydrogen-bond donors (Lipinski definition) is 3. The minimum absolute atomic E-state index is 0.0365. The summed E-state index contributed by atoms with van der Waals surface area (Å²) in [5, 5.41) is 6.05. The molecule has 0 aromatic rings. The molecule has 0 spiro atoms. The van der Waals surface area contributed by atoms with Crippen LogP contribution in [0, 0.1) is 5.92 Å². The van der Waals surface area contributed by atoms with Crippen LogP contribution in [0.4, 0.5) is 0 Å². The van der Waals surface area contributed by atoms with Crippen molar-refractivity contribution in [2.45, 2.75) is 68.3 Å². The molecule has 1 saturated heterocycles. The standard InChI is InChI=1S/C16H27N3O3S/c1-4-11-10-16(11,18-14(20)13-6-5-9-17-13)15(2,3)19-23(21,22)12-7-8-12/h4,11-13,17,19H,1,5-10H2,2-3H3,(H,18,20). The summed E-state index contributed by atoms with van der Waals surface area (Å²) in [6.45, 7) is 8.41. The van der Waals surface area contributed by atoms with Crippen molar-refractivity contribution in [3.05, 3.63) is 12.7 Å². The molecule has 0 bridgehead atoms.